The summed E-state index contributed by atoms with van der Waals surface area (Å²) >= 11 is 0. The maximum atomic E-state index is 14.6. The molecule has 220 valence electrons. The minimum Gasteiger partial charge on any atom is -0.481 e. The van der Waals surface area contributed by atoms with Crippen LogP contribution in [0.1, 0.15) is 43.4 Å². The Labute approximate surface area is 242 Å². The second-order valence-corrected chi connectivity index (χ2v) is 13.7. The maximum absolute atomic E-state index is 14.6. The highest BCUT2D eigenvalue weighted by Gasteiger charge is 2.29. The summed E-state index contributed by atoms with van der Waals surface area (Å²) in [5, 5.41) is 23.0. The average Bonchev–Trinajstić information content (AvgIpc) is 3.32. The minimum absolute atomic E-state index is 0.0363. The molecule has 0 unspecified atom stereocenters. The summed E-state index contributed by atoms with van der Waals surface area (Å²) in [5.41, 5.74) is 3.88. The van der Waals surface area contributed by atoms with Crippen molar-refractivity contribution in [1.82, 2.24) is 9.62 Å². The molecule has 3 N–H and O–H groups in total. The van der Waals surface area contributed by atoms with E-state index in [0.29, 0.717) is 22.6 Å². The number of likely N-dealkylation sites (N-methyl/N-ethyl adjacent to an activating group) is 1. The van der Waals surface area contributed by atoms with Gasteiger partial charge in [-0.25, -0.2) is 12.8 Å². The number of nitrogens with zero attached hydrogens (tertiary/aromatic N) is 1. The highest BCUT2D eigenvalue weighted by atomic mass is 32.2. The van der Waals surface area contributed by atoms with Crippen LogP contribution in [-0.4, -0.2) is 60.7 Å². The van der Waals surface area contributed by atoms with Crippen molar-refractivity contribution in [3.8, 4) is 11.1 Å². The number of aliphatic hydroxyl groups is 1. The summed E-state index contributed by atoms with van der Waals surface area (Å²) in [5.74, 6) is -1.02. The topological polar surface area (TPSA) is 107 Å². The first-order valence-electron chi connectivity index (χ1n) is 13.9. The maximum Gasteiger partial charge on any atom is 0.303 e. The highest BCUT2D eigenvalue weighted by molar-refractivity contribution is 7.89. The third kappa shape index (κ3) is 8.01. The van der Waals surface area contributed by atoms with Crippen molar-refractivity contribution in [1.29, 1.82) is 0 Å². The summed E-state index contributed by atoms with van der Waals surface area (Å²) in [6, 6.07) is 19.2. The van der Waals surface area contributed by atoms with Crippen LogP contribution in [-0.2, 0) is 34.1 Å². The van der Waals surface area contributed by atoms with E-state index in [1.807, 2.05) is 0 Å². The Bertz CT molecular complexity index is 1470. The molecule has 3 aromatic carbocycles. The Hall–Kier alpha value is -3.11. The summed E-state index contributed by atoms with van der Waals surface area (Å²) in [6.07, 6.45) is 2.02. The molecule has 0 fully saturated rings. The summed E-state index contributed by atoms with van der Waals surface area (Å²) in [6.45, 7) is 4.38. The van der Waals surface area contributed by atoms with E-state index >= 15 is 0 Å². The van der Waals surface area contributed by atoms with Crippen molar-refractivity contribution in [2.24, 2.45) is 5.92 Å². The number of benzene rings is 3. The van der Waals surface area contributed by atoms with Gasteiger partial charge in [-0.05, 0) is 91.5 Å². The number of aliphatic hydroxyl groups excluding tert-OH is 1. The summed E-state index contributed by atoms with van der Waals surface area (Å²) < 4.78 is 42.4. The number of fused-ring (bicyclic) bond motifs is 1. The minimum atomic E-state index is -3.92. The van der Waals surface area contributed by atoms with E-state index < -0.39 is 27.9 Å². The number of carboxylic acid groups (broad SMARTS) is 1. The molecule has 0 bridgehead atoms. The molecule has 0 saturated carbocycles. The molecular weight excluding hydrogens is 543 g/mol. The normalized spacial score (nSPS) is 14.8. The second-order valence-electron chi connectivity index (χ2n) is 11.7. The van der Waals surface area contributed by atoms with E-state index in [4.69, 9.17) is 5.11 Å². The molecule has 1 aliphatic rings. The molecule has 7 nitrogen and oxygen atoms in total. The van der Waals surface area contributed by atoms with Gasteiger partial charge in [0.25, 0.3) is 0 Å². The van der Waals surface area contributed by atoms with Crippen LogP contribution < -0.4 is 5.32 Å². The van der Waals surface area contributed by atoms with Gasteiger partial charge in [0.2, 0.25) is 10.0 Å². The van der Waals surface area contributed by atoms with Crippen molar-refractivity contribution in [3.63, 3.8) is 0 Å². The van der Waals surface area contributed by atoms with Crippen molar-refractivity contribution >= 4 is 16.0 Å². The first-order valence-corrected chi connectivity index (χ1v) is 15.3. The SMILES string of the molecule is CN(C[C@H](O)CNC(C)(C)CC1Cc2ccccc2C1)S(=O)(=O)c1cccc(-c2ccc(CCC(=O)O)c(F)c2)c1. The van der Waals surface area contributed by atoms with Crippen molar-refractivity contribution < 1.29 is 27.8 Å². The lowest BCUT2D eigenvalue weighted by molar-refractivity contribution is -0.136. The average molecular weight is 583 g/mol. The fraction of sp³-hybridized carbons (Fsp3) is 0.406. The van der Waals surface area contributed by atoms with Gasteiger partial charge < -0.3 is 15.5 Å². The number of rotatable bonds is 13. The van der Waals surface area contributed by atoms with Gasteiger partial charge in [-0.1, -0.05) is 48.5 Å². The van der Waals surface area contributed by atoms with Crippen LogP contribution in [0.3, 0.4) is 0 Å². The quantitative estimate of drug-likeness (QED) is 0.271. The molecule has 3 aromatic rings. The first-order chi connectivity index (χ1) is 19.3. The smallest absolute Gasteiger partial charge is 0.303 e. The number of sulfonamides is 1. The number of nitrogens with one attached hydrogen (secondary N) is 1. The molecular formula is C32H39FN2O5S. The Morgan fingerprint density at radius 3 is 2.34 bits per heavy atom. The Morgan fingerprint density at radius 2 is 1.71 bits per heavy atom. The van der Waals surface area contributed by atoms with Gasteiger partial charge in [-0.3, -0.25) is 4.79 Å². The molecule has 0 spiro atoms. The van der Waals surface area contributed by atoms with Crippen molar-refractivity contribution in [3.05, 3.63) is 89.2 Å². The molecule has 0 aliphatic heterocycles. The zero-order chi connectivity index (χ0) is 29.8. The van der Waals surface area contributed by atoms with E-state index in [-0.39, 0.29) is 36.4 Å². The molecule has 41 heavy (non-hydrogen) atoms. The second kappa shape index (κ2) is 12.8. The number of aliphatic carboxylic acids is 1. The number of halogens is 1. The number of β-amino-alcohol motifs (C(OH)–C–C–N with tert-alkyl or cyclic N) is 1. The molecule has 0 saturated heterocycles. The predicted molar refractivity (Wildman–Crippen MR) is 158 cm³/mol. The van der Waals surface area contributed by atoms with Gasteiger partial charge in [0, 0.05) is 32.1 Å². The van der Waals surface area contributed by atoms with Crippen LogP contribution in [0, 0.1) is 11.7 Å². The van der Waals surface area contributed by atoms with Gasteiger partial charge >= 0.3 is 5.97 Å². The van der Waals surface area contributed by atoms with Gasteiger partial charge in [-0.2, -0.15) is 4.31 Å². The van der Waals surface area contributed by atoms with Crippen LogP contribution >= 0.6 is 0 Å². The van der Waals surface area contributed by atoms with Crippen molar-refractivity contribution in [2.45, 2.75) is 62.5 Å². The van der Waals surface area contributed by atoms with Crippen LogP contribution in [0.15, 0.2) is 71.6 Å². The Balaban J connectivity index is 1.34. The van der Waals surface area contributed by atoms with Gasteiger partial charge in [0.15, 0.2) is 0 Å². The largest absolute Gasteiger partial charge is 0.481 e. The summed E-state index contributed by atoms with van der Waals surface area (Å²) in [4.78, 5) is 10.8. The van der Waals surface area contributed by atoms with E-state index in [9.17, 15) is 22.7 Å². The van der Waals surface area contributed by atoms with Crippen molar-refractivity contribution in [2.75, 3.05) is 20.1 Å². The van der Waals surface area contributed by atoms with Crippen LogP contribution in [0.4, 0.5) is 4.39 Å². The molecule has 9 heteroatoms. The monoisotopic (exact) mass is 582 g/mol. The fourth-order valence-corrected chi connectivity index (χ4v) is 6.88. The zero-order valence-electron chi connectivity index (χ0n) is 23.8. The standard InChI is InChI=1S/C32H39FN2O5S/c1-32(2,19-22-15-24-7-4-5-8-25(24)16-22)34-20-28(36)21-35(3)41(39,40)29-10-6-9-26(17-29)27-12-11-23(30(33)18-27)13-14-31(37)38/h4-12,17-18,22,28,34,36H,13-16,19-21H2,1-3H3,(H,37,38)/t28-/m1/s1. The van der Waals surface area contributed by atoms with Crippen LogP contribution in [0.25, 0.3) is 11.1 Å². The third-order valence-corrected chi connectivity index (χ3v) is 9.57. The number of hydrogen-bond donors (Lipinski definition) is 3. The zero-order valence-corrected chi connectivity index (χ0v) is 24.6. The molecule has 0 amide bonds. The third-order valence-electron chi connectivity index (χ3n) is 7.76. The lowest BCUT2D eigenvalue weighted by atomic mass is 9.88. The Kier molecular flexibility index (Phi) is 9.64. The number of carbonyl (C=O) groups is 1. The lowest BCUT2D eigenvalue weighted by Crippen LogP contribution is -2.47. The van der Waals surface area contributed by atoms with Gasteiger partial charge in [0.05, 0.1) is 11.0 Å². The van der Waals surface area contributed by atoms with Crippen LogP contribution in [0.2, 0.25) is 0 Å². The van der Waals surface area contributed by atoms with E-state index in [0.717, 1.165) is 23.6 Å². The first kappa shape index (κ1) is 30.8. The molecule has 0 radical (unpaired) electrons. The molecule has 0 heterocycles. The van der Waals surface area contributed by atoms with E-state index in [1.54, 1.807) is 18.2 Å². The van der Waals surface area contributed by atoms with Gasteiger partial charge in [-0.15, -0.1) is 0 Å². The summed E-state index contributed by atoms with van der Waals surface area (Å²) in [7, 11) is -2.48. The Morgan fingerprint density at radius 1 is 1.05 bits per heavy atom. The lowest BCUT2D eigenvalue weighted by Gasteiger charge is -2.31. The molecule has 1 atom stereocenters. The van der Waals surface area contributed by atoms with Crippen LogP contribution in [0.5, 0.6) is 0 Å². The molecule has 1 aliphatic carbocycles. The van der Waals surface area contributed by atoms with Gasteiger partial charge in [0.1, 0.15) is 5.82 Å². The predicted octanol–water partition coefficient (Wildman–Crippen LogP) is 4.66. The van der Waals surface area contributed by atoms with E-state index in [1.165, 1.54) is 42.4 Å². The molecule has 0 aromatic heterocycles. The number of carboxylic acids is 1. The fourth-order valence-electron chi connectivity index (χ4n) is 5.63. The number of aryl methyl sites for hydroxylation is 1. The van der Waals surface area contributed by atoms with E-state index in [2.05, 4.69) is 43.4 Å². The number of hydrogen-bond acceptors (Lipinski definition) is 5. The molecule has 4 rings (SSSR count). The highest BCUT2D eigenvalue weighted by Crippen LogP contribution is 2.32.